The fourth-order valence-electron chi connectivity index (χ4n) is 2.97. The fourth-order valence-corrected chi connectivity index (χ4v) is 3.38. The van der Waals surface area contributed by atoms with E-state index < -0.39 is 0 Å². The summed E-state index contributed by atoms with van der Waals surface area (Å²) in [7, 11) is 0. The Balaban J connectivity index is 2.19. The molecule has 0 bridgehead atoms. The average Bonchev–Trinajstić information content (AvgIpc) is 2.87. The lowest BCUT2D eigenvalue weighted by molar-refractivity contribution is 0.732. The smallest absolute Gasteiger partial charge is 0.128 e. The van der Waals surface area contributed by atoms with E-state index in [0.717, 1.165) is 33.8 Å². The Morgan fingerprint density at radius 2 is 1.78 bits per heavy atom. The molecule has 0 aliphatic carbocycles. The number of fused-ring (bicyclic) bond motifs is 1. The summed E-state index contributed by atoms with van der Waals surface area (Å²) < 4.78 is 3.21. The van der Waals surface area contributed by atoms with E-state index in [4.69, 9.17) is 0 Å². The highest BCUT2D eigenvalue weighted by Gasteiger charge is 2.16. The zero-order valence-corrected chi connectivity index (χ0v) is 14.4. The maximum atomic E-state index is 9.70. The Hall–Kier alpha value is -2.31. The van der Waals surface area contributed by atoms with Crippen molar-refractivity contribution in [3.8, 4) is 6.07 Å². The van der Waals surface area contributed by atoms with E-state index in [-0.39, 0.29) is 0 Å². The van der Waals surface area contributed by atoms with Crippen molar-refractivity contribution in [2.75, 3.05) is 0 Å². The minimum atomic E-state index is 0.686. The van der Waals surface area contributed by atoms with Crippen molar-refractivity contribution >= 4 is 26.7 Å². The van der Waals surface area contributed by atoms with Crippen LogP contribution in [0.4, 0.5) is 0 Å². The zero-order chi connectivity index (χ0) is 16.2. The Labute approximate surface area is 144 Å². The zero-order valence-electron chi connectivity index (χ0n) is 12.8. The number of benzene rings is 2. The molecule has 0 aliphatic rings. The molecule has 0 N–H and O–H groups in total. The largest absolute Gasteiger partial charge is 0.331 e. The van der Waals surface area contributed by atoms with Gasteiger partial charge >= 0.3 is 0 Å². The Kier molecular flexibility index (Phi) is 4.64. The minimum Gasteiger partial charge on any atom is -0.331 e. The summed E-state index contributed by atoms with van der Waals surface area (Å²) >= 11 is 3.61. The second-order valence-corrected chi connectivity index (χ2v) is 6.31. The van der Waals surface area contributed by atoms with Crippen molar-refractivity contribution in [1.29, 1.82) is 5.26 Å². The molecule has 3 aromatic rings. The minimum absolute atomic E-state index is 0.686. The highest BCUT2D eigenvalue weighted by atomic mass is 79.9. The van der Waals surface area contributed by atoms with Crippen molar-refractivity contribution in [3.63, 3.8) is 0 Å². The topological polar surface area (TPSA) is 28.7 Å². The summed E-state index contributed by atoms with van der Waals surface area (Å²) in [4.78, 5) is 0. The molecule has 0 unspecified atom stereocenters. The Bertz CT molecular complexity index is 900. The number of nitriles is 1. The second kappa shape index (κ2) is 6.85. The molecule has 1 aromatic heterocycles. The molecule has 2 nitrogen and oxygen atoms in total. The molecule has 2 aromatic carbocycles. The van der Waals surface area contributed by atoms with Crippen LogP contribution < -0.4 is 0 Å². The third-order valence-corrected chi connectivity index (χ3v) is 4.84. The summed E-state index contributed by atoms with van der Waals surface area (Å²) in [5, 5.41) is 11.9. The summed E-state index contributed by atoms with van der Waals surface area (Å²) in [5.74, 6) is 0. The molecule has 3 heteroatoms. The van der Waals surface area contributed by atoms with Crippen molar-refractivity contribution in [1.82, 2.24) is 4.57 Å². The van der Waals surface area contributed by atoms with Gasteiger partial charge in [0.25, 0.3) is 0 Å². The first-order chi connectivity index (χ1) is 11.3. The number of allylic oxidation sites excluding steroid dienone is 1. The predicted octanol–water partition coefficient (Wildman–Crippen LogP) is 5.44. The number of hydrogen-bond acceptors (Lipinski definition) is 1. The Morgan fingerprint density at radius 1 is 1.09 bits per heavy atom. The van der Waals surface area contributed by atoms with Gasteiger partial charge in [-0.2, -0.15) is 5.26 Å². The summed E-state index contributed by atoms with van der Waals surface area (Å²) in [5.41, 5.74) is 3.10. The van der Waals surface area contributed by atoms with E-state index in [2.05, 4.69) is 45.3 Å². The average molecular weight is 365 g/mol. The van der Waals surface area contributed by atoms with Gasteiger partial charge in [-0.3, -0.25) is 0 Å². The lowest BCUT2D eigenvalue weighted by atomic mass is 10.1. The van der Waals surface area contributed by atoms with Gasteiger partial charge in [-0.05, 0) is 24.5 Å². The SMILES string of the molecule is C=CCCc1c2ccccc2c(C#N)n1Cc1ccccc1Br. The van der Waals surface area contributed by atoms with Crippen molar-refractivity contribution in [3.05, 3.63) is 82.6 Å². The third-order valence-electron chi connectivity index (χ3n) is 4.07. The molecule has 0 radical (unpaired) electrons. The maximum absolute atomic E-state index is 9.70. The number of halogens is 1. The van der Waals surface area contributed by atoms with Gasteiger partial charge in [0.15, 0.2) is 0 Å². The number of aryl methyl sites for hydroxylation is 1. The number of hydrogen-bond donors (Lipinski definition) is 0. The lowest BCUT2D eigenvalue weighted by Gasteiger charge is -2.12. The molecule has 0 amide bonds. The summed E-state index contributed by atoms with van der Waals surface area (Å²) in [6, 6.07) is 18.7. The van der Waals surface area contributed by atoms with Crippen LogP contribution in [0.25, 0.3) is 10.8 Å². The molecule has 23 heavy (non-hydrogen) atoms. The van der Waals surface area contributed by atoms with Gasteiger partial charge < -0.3 is 4.57 Å². The highest BCUT2D eigenvalue weighted by Crippen LogP contribution is 2.29. The van der Waals surface area contributed by atoms with Crippen LogP contribution in [0.5, 0.6) is 0 Å². The normalized spacial score (nSPS) is 10.6. The second-order valence-electron chi connectivity index (χ2n) is 5.46. The van der Waals surface area contributed by atoms with Crippen LogP contribution in [-0.4, -0.2) is 4.57 Å². The molecule has 3 rings (SSSR count). The first-order valence-electron chi connectivity index (χ1n) is 7.60. The van der Waals surface area contributed by atoms with Gasteiger partial charge in [0.2, 0.25) is 0 Å². The van der Waals surface area contributed by atoms with Crippen LogP contribution in [0.1, 0.15) is 23.4 Å². The van der Waals surface area contributed by atoms with Crippen molar-refractivity contribution < 1.29 is 0 Å². The molecule has 0 fully saturated rings. The predicted molar refractivity (Wildman–Crippen MR) is 98.4 cm³/mol. The van der Waals surface area contributed by atoms with Gasteiger partial charge in [-0.1, -0.05) is 64.5 Å². The lowest BCUT2D eigenvalue weighted by Crippen LogP contribution is -2.07. The van der Waals surface area contributed by atoms with Crippen molar-refractivity contribution in [2.24, 2.45) is 0 Å². The highest BCUT2D eigenvalue weighted by molar-refractivity contribution is 9.10. The number of nitrogens with zero attached hydrogens (tertiary/aromatic N) is 2. The molecule has 0 spiro atoms. The molecule has 1 heterocycles. The van der Waals surface area contributed by atoms with E-state index in [9.17, 15) is 5.26 Å². The molecular weight excluding hydrogens is 348 g/mol. The summed E-state index contributed by atoms with van der Waals surface area (Å²) in [6.07, 6.45) is 3.71. The van der Waals surface area contributed by atoms with Crippen LogP contribution in [-0.2, 0) is 13.0 Å². The van der Waals surface area contributed by atoms with Crippen LogP contribution in [0.2, 0.25) is 0 Å². The van der Waals surface area contributed by atoms with Gasteiger partial charge in [0.1, 0.15) is 11.8 Å². The molecular formula is C20H17BrN2. The molecule has 0 aliphatic heterocycles. The third kappa shape index (κ3) is 2.95. The monoisotopic (exact) mass is 364 g/mol. The van der Waals surface area contributed by atoms with E-state index in [1.165, 1.54) is 11.3 Å². The molecule has 114 valence electrons. The fraction of sp³-hybridized carbons (Fsp3) is 0.150. The summed E-state index contributed by atoms with van der Waals surface area (Å²) in [6.45, 7) is 4.51. The standard InChI is InChI=1S/C20H17BrN2/c1-2-3-12-19-16-9-5-6-10-17(16)20(13-22)23(19)14-15-8-4-7-11-18(15)21/h2,4-11H,1,3,12,14H2. The van der Waals surface area contributed by atoms with Gasteiger partial charge in [-0.15, -0.1) is 6.58 Å². The van der Waals surface area contributed by atoms with Gasteiger partial charge in [0, 0.05) is 27.5 Å². The quantitative estimate of drug-likeness (QED) is 0.553. The van der Waals surface area contributed by atoms with E-state index in [1.54, 1.807) is 0 Å². The number of aromatic nitrogens is 1. The van der Waals surface area contributed by atoms with Gasteiger partial charge in [-0.25, -0.2) is 0 Å². The molecule has 0 saturated heterocycles. The molecule has 0 saturated carbocycles. The van der Waals surface area contributed by atoms with Gasteiger partial charge in [0.05, 0.1) is 0 Å². The maximum Gasteiger partial charge on any atom is 0.128 e. The Morgan fingerprint density at radius 3 is 2.48 bits per heavy atom. The first-order valence-corrected chi connectivity index (χ1v) is 8.40. The van der Waals surface area contributed by atoms with E-state index in [0.29, 0.717) is 6.54 Å². The van der Waals surface area contributed by atoms with Crippen LogP contribution >= 0.6 is 15.9 Å². The van der Waals surface area contributed by atoms with Crippen LogP contribution in [0.15, 0.2) is 65.7 Å². The molecule has 0 atom stereocenters. The number of rotatable bonds is 5. The van der Waals surface area contributed by atoms with Crippen molar-refractivity contribution in [2.45, 2.75) is 19.4 Å². The van der Waals surface area contributed by atoms with E-state index >= 15 is 0 Å². The van der Waals surface area contributed by atoms with Crippen LogP contribution in [0, 0.1) is 11.3 Å². The van der Waals surface area contributed by atoms with Crippen LogP contribution in [0.3, 0.4) is 0 Å². The van der Waals surface area contributed by atoms with E-state index in [1.807, 2.05) is 42.5 Å². The first kappa shape index (κ1) is 15.6.